The van der Waals surface area contributed by atoms with Crippen LogP contribution in [0.25, 0.3) is 0 Å². The number of hydrogen-bond acceptors (Lipinski definition) is 1. The van der Waals surface area contributed by atoms with Crippen molar-refractivity contribution < 1.29 is 4.79 Å². The fourth-order valence-corrected chi connectivity index (χ4v) is 2.84. The van der Waals surface area contributed by atoms with Gasteiger partial charge in [-0.05, 0) is 35.8 Å². The number of nitrogens with one attached hydrogen (secondary N) is 1. The first-order valence-electron chi connectivity index (χ1n) is 6.78. The van der Waals surface area contributed by atoms with Crippen molar-refractivity contribution in [2.45, 2.75) is 40.5 Å². The molecule has 1 atom stereocenters. The topological polar surface area (TPSA) is 29.1 Å². The largest absolute Gasteiger partial charge is 0.326 e. The van der Waals surface area contributed by atoms with Crippen LogP contribution in [0.15, 0.2) is 24.3 Å². The van der Waals surface area contributed by atoms with E-state index in [1.165, 1.54) is 5.56 Å². The van der Waals surface area contributed by atoms with Crippen molar-refractivity contribution in [1.82, 2.24) is 0 Å². The Kier molecular flexibility index (Phi) is 3.47. The summed E-state index contributed by atoms with van der Waals surface area (Å²) < 4.78 is 0. The molecule has 1 amide bonds. The van der Waals surface area contributed by atoms with Crippen molar-refractivity contribution in [2.75, 3.05) is 5.32 Å². The number of anilines is 1. The molecule has 1 heterocycles. The van der Waals surface area contributed by atoms with Crippen molar-refractivity contribution in [3.05, 3.63) is 29.8 Å². The molecule has 1 N–H and O–H groups in total. The fraction of sp³-hybridized carbons (Fsp3) is 0.562. The van der Waals surface area contributed by atoms with Gasteiger partial charge >= 0.3 is 0 Å². The molecule has 0 fully saturated rings. The Labute approximate surface area is 110 Å². The zero-order valence-corrected chi connectivity index (χ0v) is 11.8. The Morgan fingerprint density at radius 2 is 1.94 bits per heavy atom. The Balaban J connectivity index is 2.39. The Bertz CT molecular complexity index is 448. The molecule has 2 heteroatoms. The first-order valence-corrected chi connectivity index (χ1v) is 6.78. The summed E-state index contributed by atoms with van der Waals surface area (Å²) in [5.41, 5.74) is 2.40. The lowest BCUT2D eigenvalue weighted by Crippen LogP contribution is -2.34. The molecule has 0 saturated heterocycles. The quantitative estimate of drug-likeness (QED) is 0.799. The van der Waals surface area contributed by atoms with Gasteiger partial charge in [0.05, 0.1) is 0 Å². The van der Waals surface area contributed by atoms with Crippen LogP contribution in [0.2, 0.25) is 0 Å². The third-order valence-electron chi connectivity index (χ3n) is 3.86. The smallest absolute Gasteiger partial charge is 0.227 e. The van der Waals surface area contributed by atoms with Crippen LogP contribution in [0.4, 0.5) is 5.69 Å². The van der Waals surface area contributed by atoms with Crippen LogP contribution in [0.3, 0.4) is 0 Å². The van der Waals surface area contributed by atoms with Gasteiger partial charge in [-0.25, -0.2) is 0 Å². The Morgan fingerprint density at radius 3 is 2.61 bits per heavy atom. The van der Waals surface area contributed by atoms with Gasteiger partial charge in [-0.2, -0.15) is 0 Å². The highest BCUT2D eigenvalue weighted by atomic mass is 16.1. The molecule has 1 aromatic rings. The maximum Gasteiger partial charge on any atom is 0.227 e. The molecule has 0 aromatic heterocycles. The van der Waals surface area contributed by atoms with E-state index in [2.05, 4.69) is 39.1 Å². The average Bonchev–Trinajstić information content (AvgIpc) is 2.26. The van der Waals surface area contributed by atoms with E-state index < -0.39 is 0 Å². The van der Waals surface area contributed by atoms with Gasteiger partial charge in [0.25, 0.3) is 0 Å². The highest BCUT2D eigenvalue weighted by Crippen LogP contribution is 2.37. The maximum atomic E-state index is 12.3. The second-order valence-electron chi connectivity index (χ2n) is 6.54. The number of carbonyl (C=O) groups is 1. The van der Waals surface area contributed by atoms with Crippen molar-refractivity contribution in [3.8, 4) is 0 Å². The van der Waals surface area contributed by atoms with E-state index in [-0.39, 0.29) is 17.2 Å². The number of hydrogen-bond donors (Lipinski definition) is 1. The van der Waals surface area contributed by atoms with Crippen LogP contribution in [0.5, 0.6) is 0 Å². The van der Waals surface area contributed by atoms with Gasteiger partial charge in [-0.3, -0.25) is 4.79 Å². The Hall–Kier alpha value is -1.31. The number of benzene rings is 1. The minimum atomic E-state index is 0.105. The normalized spacial score (nSPS) is 22.9. The minimum Gasteiger partial charge on any atom is -0.326 e. The van der Waals surface area contributed by atoms with E-state index >= 15 is 0 Å². The van der Waals surface area contributed by atoms with Crippen molar-refractivity contribution in [1.29, 1.82) is 0 Å². The molecule has 0 radical (unpaired) electrons. The molecule has 1 aliphatic rings. The second-order valence-corrected chi connectivity index (χ2v) is 6.54. The Morgan fingerprint density at radius 1 is 1.28 bits per heavy atom. The monoisotopic (exact) mass is 245 g/mol. The van der Waals surface area contributed by atoms with Crippen LogP contribution in [-0.4, -0.2) is 5.91 Å². The van der Waals surface area contributed by atoms with Crippen LogP contribution in [0, 0.1) is 17.3 Å². The van der Waals surface area contributed by atoms with Crippen LogP contribution < -0.4 is 5.32 Å². The van der Waals surface area contributed by atoms with Crippen molar-refractivity contribution >= 4 is 11.6 Å². The lowest BCUT2D eigenvalue weighted by atomic mass is 9.73. The molecular formula is C16H23NO. The summed E-state index contributed by atoms with van der Waals surface area (Å²) in [6.45, 7) is 8.79. The van der Waals surface area contributed by atoms with Crippen molar-refractivity contribution in [2.24, 2.45) is 17.3 Å². The van der Waals surface area contributed by atoms with Crippen LogP contribution in [-0.2, 0) is 11.2 Å². The predicted molar refractivity (Wildman–Crippen MR) is 75.5 cm³/mol. The molecule has 18 heavy (non-hydrogen) atoms. The van der Waals surface area contributed by atoms with Gasteiger partial charge < -0.3 is 5.32 Å². The minimum absolute atomic E-state index is 0.105. The number of amides is 1. The van der Waals surface area contributed by atoms with Gasteiger partial charge in [0, 0.05) is 11.6 Å². The summed E-state index contributed by atoms with van der Waals surface area (Å²) in [6.07, 6.45) is 1.97. The molecule has 2 nitrogen and oxygen atoms in total. The summed E-state index contributed by atoms with van der Waals surface area (Å²) in [7, 11) is 0. The first kappa shape index (κ1) is 13.1. The maximum absolute atomic E-state index is 12.3. The van der Waals surface area contributed by atoms with Crippen molar-refractivity contribution in [3.63, 3.8) is 0 Å². The number of carbonyl (C=O) groups excluding carboxylic acids is 1. The highest BCUT2D eigenvalue weighted by molar-refractivity contribution is 5.93. The van der Waals surface area contributed by atoms with E-state index in [1.807, 2.05) is 18.2 Å². The predicted octanol–water partition coefficient (Wildman–Crippen LogP) is 3.87. The van der Waals surface area contributed by atoms with Gasteiger partial charge in [0.15, 0.2) is 0 Å². The van der Waals surface area contributed by atoms with E-state index in [4.69, 9.17) is 0 Å². The lowest BCUT2D eigenvalue weighted by Gasteiger charge is -2.34. The number of fused-ring (bicyclic) bond motifs is 1. The average molecular weight is 245 g/mol. The van der Waals surface area contributed by atoms with E-state index in [0.717, 1.165) is 18.5 Å². The van der Waals surface area contributed by atoms with E-state index in [1.54, 1.807) is 0 Å². The third-order valence-corrected chi connectivity index (χ3v) is 3.86. The van der Waals surface area contributed by atoms with Gasteiger partial charge in [0.1, 0.15) is 0 Å². The molecule has 0 spiro atoms. The molecule has 0 aliphatic carbocycles. The lowest BCUT2D eigenvalue weighted by molar-refractivity contribution is -0.122. The molecule has 98 valence electrons. The fourth-order valence-electron chi connectivity index (χ4n) is 2.84. The zero-order valence-electron chi connectivity index (χ0n) is 11.8. The molecular weight excluding hydrogens is 222 g/mol. The highest BCUT2D eigenvalue weighted by Gasteiger charge is 2.33. The van der Waals surface area contributed by atoms with Gasteiger partial charge in [0.2, 0.25) is 5.91 Å². The van der Waals surface area contributed by atoms with E-state index in [9.17, 15) is 4.79 Å². The molecule has 1 aromatic carbocycles. The van der Waals surface area contributed by atoms with Crippen LogP contribution >= 0.6 is 0 Å². The third kappa shape index (κ3) is 2.74. The molecule has 2 rings (SSSR count). The molecule has 0 saturated carbocycles. The van der Waals surface area contributed by atoms with Crippen LogP contribution in [0.1, 0.15) is 39.7 Å². The van der Waals surface area contributed by atoms with Gasteiger partial charge in [-0.15, -0.1) is 0 Å². The summed E-state index contributed by atoms with van der Waals surface area (Å²) in [5.74, 6) is 0.660. The summed E-state index contributed by atoms with van der Waals surface area (Å²) in [6, 6.07) is 8.15. The van der Waals surface area contributed by atoms with Gasteiger partial charge in [-0.1, -0.05) is 45.9 Å². The number of rotatable bonds is 1. The first-order chi connectivity index (χ1) is 8.39. The summed E-state index contributed by atoms with van der Waals surface area (Å²) in [5, 5.41) is 3.09. The van der Waals surface area contributed by atoms with E-state index in [0.29, 0.717) is 5.92 Å². The summed E-state index contributed by atoms with van der Waals surface area (Å²) in [4.78, 5) is 12.3. The SMILES string of the molecule is CC(C)C1CC(C)(C)Cc2ccccc2NC1=O. The molecule has 0 bridgehead atoms. The zero-order chi connectivity index (χ0) is 13.3. The second kappa shape index (κ2) is 4.75. The molecule has 1 aliphatic heterocycles. The molecule has 1 unspecified atom stereocenters. The standard InChI is InChI=1S/C16H23NO/c1-11(2)13-10-16(3,4)9-12-7-5-6-8-14(12)17-15(13)18/h5-8,11,13H,9-10H2,1-4H3,(H,17,18). The number of para-hydroxylation sites is 1. The summed E-state index contributed by atoms with van der Waals surface area (Å²) >= 11 is 0.